The molecule has 0 bridgehead atoms. The molecule has 54 valence electrons. The van der Waals surface area contributed by atoms with Crippen molar-refractivity contribution < 1.29 is 0 Å². The second-order valence-corrected chi connectivity index (χ2v) is 1.88. The highest BCUT2D eigenvalue weighted by Gasteiger charge is 1.99. The fourth-order valence-corrected chi connectivity index (χ4v) is 0.377. The molecule has 0 radical (unpaired) electrons. The first kappa shape index (κ1) is 11.3. The van der Waals surface area contributed by atoms with Crippen molar-refractivity contribution in [2.45, 2.75) is 13.3 Å². The van der Waals surface area contributed by atoms with E-state index in [0.29, 0.717) is 0 Å². The van der Waals surface area contributed by atoms with Crippen molar-refractivity contribution >= 4 is 18.2 Å². The minimum absolute atomic E-state index is 0. The number of halogens is 1. The van der Waals surface area contributed by atoms with Gasteiger partial charge in [0.25, 0.3) is 0 Å². The van der Waals surface area contributed by atoms with Gasteiger partial charge in [0.05, 0.1) is 5.84 Å². The van der Waals surface area contributed by atoms with Gasteiger partial charge < -0.3 is 5.73 Å². The summed E-state index contributed by atoms with van der Waals surface area (Å²) in [6.45, 7) is 5.44. The van der Waals surface area contributed by atoms with Crippen LogP contribution in [0.4, 0.5) is 0 Å². The van der Waals surface area contributed by atoms with Crippen LogP contribution in [-0.2, 0) is 0 Å². The van der Waals surface area contributed by atoms with Crippen molar-refractivity contribution in [2.75, 3.05) is 0 Å². The highest BCUT2D eigenvalue weighted by atomic mass is 35.5. The third kappa shape index (κ3) is 5.37. The number of rotatable bonds is 3. The Balaban J connectivity index is 0. The third-order valence-corrected chi connectivity index (χ3v) is 1.05. The molecule has 0 spiro atoms. The van der Waals surface area contributed by atoms with Gasteiger partial charge in [0.2, 0.25) is 0 Å². The maximum absolute atomic E-state index is 6.93. The molecule has 0 saturated heterocycles. The molecule has 0 aliphatic carbocycles. The van der Waals surface area contributed by atoms with Crippen molar-refractivity contribution in [3.8, 4) is 0 Å². The maximum Gasteiger partial charge on any atom is 0.0937 e. The molecule has 3 heteroatoms. The quantitative estimate of drug-likeness (QED) is 0.356. The Kier molecular flexibility index (Phi) is 7.08. The molecule has 2 nitrogen and oxygen atoms in total. The Morgan fingerprint density at radius 1 is 1.89 bits per heavy atom. The zero-order valence-corrected chi connectivity index (χ0v) is 6.37. The van der Waals surface area contributed by atoms with E-state index in [-0.39, 0.29) is 24.2 Å². The average molecular weight is 149 g/mol. The number of nitrogens with two attached hydrogens (primary N) is 1. The van der Waals surface area contributed by atoms with Crippen molar-refractivity contribution in [3.05, 3.63) is 12.7 Å². The summed E-state index contributed by atoms with van der Waals surface area (Å²) in [5, 5.41) is 6.93. The molecule has 3 N–H and O–H groups in total. The lowest BCUT2D eigenvalue weighted by atomic mass is 10.1. The number of allylic oxidation sites excluding steroid dienone is 1. The van der Waals surface area contributed by atoms with Crippen molar-refractivity contribution in [1.29, 1.82) is 5.41 Å². The van der Waals surface area contributed by atoms with Crippen molar-refractivity contribution in [1.82, 2.24) is 0 Å². The van der Waals surface area contributed by atoms with Gasteiger partial charge in [0.1, 0.15) is 0 Å². The van der Waals surface area contributed by atoms with E-state index in [0.717, 1.165) is 6.42 Å². The van der Waals surface area contributed by atoms with Crippen LogP contribution in [0.2, 0.25) is 0 Å². The zero-order chi connectivity index (χ0) is 6.57. The summed E-state index contributed by atoms with van der Waals surface area (Å²) in [6, 6.07) is 0. The summed E-state index contributed by atoms with van der Waals surface area (Å²) in [4.78, 5) is 0. The van der Waals surface area contributed by atoms with Gasteiger partial charge in [-0.2, -0.15) is 0 Å². The fraction of sp³-hybridized carbons (Fsp3) is 0.500. The van der Waals surface area contributed by atoms with Gasteiger partial charge in [-0.25, -0.2) is 0 Å². The van der Waals surface area contributed by atoms with Crippen LogP contribution in [0.3, 0.4) is 0 Å². The smallest absolute Gasteiger partial charge is 0.0937 e. The van der Waals surface area contributed by atoms with Crippen molar-refractivity contribution in [3.63, 3.8) is 0 Å². The molecule has 0 rings (SSSR count). The van der Waals surface area contributed by atoms with E-state index in [9.17, 15) is 0 Å². The van der Waals surface area contributed by atoms with Gasteiger partial charge in [0.15, 0.2) is 0 Å². The summed E-state index contributed by atoms with van der Waals surface area (Å²) in [7, 11) is 0. The molecule has 0 aliphatic rings. The second kappa shape index (κ2) is 5.63. The molecule has 0 aromatic rings. The first-order valence-electron chi connectivity index (χ1n) is 2.63. The van der Waals surface area contributed by atoms with Crippen LogP contribution < -0.4 is 5.73 Å². The largest absolute Gasteiger partial charge is 0.387 e. The molecule has 1 atom stereocenters. The summed E-state index contributed by atoms with van der Waals surface area (Å²) < 4.78 is 0. The Labute approximate surface area is 62.1 Å². The van der Waals surface area contributed by atoms with Crippen LogP contribution >= 0.6 is 12.4 Å². The van der Waals surface area contributed by atoms with Crippen LogP contribution in [0.5, 0.6) is 0 Å². The van der Waals surface area contributed by atoms with Gasteiger partial charge in [0, 0.05) is 5.92 Å². The van der Waals surface area contributed by atoms with Gasteiger partial charge in [-0.05, 0) is 6.42 Å². The summed E-state index contributed by atoms with van der Waals surface area (Å²) in [5.74, 6) is 0.400. The number of hydrogen-bond donors (Lipinski definition) is 2. The number of hydrogen-bond acceptors (Lipinski definition) is 1. The van der Waals surface area contributed by atoms with Gasteiger partial charge in [-0.3, -0.25) is 5.41 Å². The molecule has 0 fully saturated rings. The predicted molar refractivity (Wildman–Crippen MR) is 43.1 cm³/mol. The molecule has 0 heterocycles. The monoisotopic (exact) mass is 148 g/mol. The van der Waals surface area contributed by atoms with E-state index >= 15 is 0 Å². The average Bonchev–Trinajstić information content (AvgIpc) is 1.67. The van der Waals surface area contributed by atoms with Crippen molar-refractivity contribution in [2.24, 2.45) is 11.7 Å². The van der Waals surface area contributed by atoms with Crippen LogP contribution in [0.25, 0.3) is 0 Å². The van der Waals surface area contributed by atoms with Gasteiger partial charge in [-0.15, -0.1) is 19.0 Å². The summed E-state index contributed by atoms with van der Waals surface area (Å²) >= 11 is 0. The van der Waals surface area contributed by atoms with Crippen LogP contribution in [-0.4, -0.2) is 5.84 Å². The second-order valence-electron chi connectivity index (χ2n) is 1.88. The number of nitrogens with one attached hydrogen (secondary N) is 1. The molecular formula is C6H13ClN2. The van der Waals surface area contributed by atoms with E-state index in [1.165, 1.54) is 0 Å². The molecule has 0 aromatic heterocycles. The number of amidine groups is 1. The van der Waals surface area contributed by atoms with E-state index < -0.39 is 0 Å². The van der Waals surface area contributed by atoms with Gasteiger partial charge in [-0.1, -0.05) is 13.0 Å². The van der Waals surface area contributed by atoms with Crippen LogP contribution in [0.1, 0.15) is 13.3 Å². The molecule has 0 saturated carbocycles. The van der Waals surface area contributed by atoms with E-state index in [4.69, 9.17) is 11.1 Å². The maximum atomic E-state index is 6.93. The lowest BCUT2D eigenvalue weighted by Gasteiger charge is -2.02. The lowest BCUT2D eigenvalue weighted by molar-refractivity contribution is 0.777. The molecule has 9 heavy (non-hydrogen) atoms. The SMILES string of the molecule is C=CCC(C)C(=N)N.Cl. The lowest BCUT2D eigenvalue weighted by Crippen LogP contribution is -2.18. The Morgan fingerprint density at radius 3 is 2.44 bits per heavy atom. The molecule has 0 aliphatic heterocycles. The summed E-state index contributed by atoms with van der Waals surface area (Å²) in [5.41, 5.74) is 5.16. The van der Waals surface area contributed by atoms with Crippen LogP contribution in [0, 0.1) is 11.3 Å². The zero-order valence-electron chi connectivity index (χ0n) is 5.55. The van der Waals surface area contributed by atoms with E-state index in [1.807, 2.05) is 6.92 Å². The normalized spacial score (nSPS) is 11.2. The topological polar surface area (TPSA) is 49.9 Å². The van der Waals surface area contributed by atoms with Crippen LogP contribution in [0.15, 0.2) is 12.7 Å². The van der Waals surface area contributed by atoms with Gasteiger partial charge >= 0.3 is 0 Å². The Hall–Kier alpha value is -0.500. The Morgan fingerprint density at radius 2 is 2.33 bits per heavy atom. The third-order valence-electron chi connectivity index (χ3n) is 1.05. The molecule has 1 unspecified atom stereocenters. The standard InChI is InChI=1S/C6H12N2.ClH/c1-3-4-5(2)6(7)8;/h3,5H,1,4H2,2H3,(H3,7,8);1H. The minimum atomic E-state index is 0. The molecule has 0 aromatic carbocycles. The Bertz CT molecular complexity index is 101. The fourth-order valence-electron chi connectivity index (χ4n) is 0.377. The first-order valence-corrected chi connectivity index (χ1v) is 2.63. The molecule has 0 amide bonds. The van der Waals surface area contributed by atoms with E-state index in [1.54, 1.807) is 6.08 Å². The molecular weight excluding hydrogens is 136 g/mol. The van der Waals surface area contributed by atoms with E-state index in [2.05, 4.69) is 6.58 Å². The highest BCUT2D eigenvalue weighted by molar-refractivity contribution is 5.85. The predicted octanol–water partition coefficient (Wildman–Crippen LogP) is 1.56. The summed E-state index contributed by atoms with van der Waals surface area (Å²) in [6.07, 6.45) is 2.57. The first-order chi connectivity index (χ1) is 3.68. The minimum Gasteiger partial charge on any atom is -0.387 e. The highest BCUT2D eigenvalue weighted by Crippen LogP contribution is 1.99.